The third-order valence-corrected chi connectivity index (χ3v) is 5.31. The van der Waals surface area contributed by atoms with Gasteiger partial charge in [0.1, 0.15) is 5.82 Å². The molecule has 1 amide bonds. The molecule has 1 saturated carbocycles. The Kier molecular flexibility index (Phi) is 5.19. The van der Waals surface area contributed by atoms with Gasteiger partial charge in [0, 0.05) is 53.9 Å². The monoisotopic (exact) mass is 407 g/mol. The minimum Gasteiger partial charge on any atom is -0.348 e. The molecule has 3 heterocycles. The molecule has 3 aromatic heterocycles. The van der Waals surface area contributed by atoms with Crippen molar-refractivity contribution in [3.05, 3.63) is 96.3 Å². The molecular weight excluding hydrogens is 386 g/mol. The Morgan fingerprint density at radius 3 is 2.45 bits per heavy atom. The first-order valence-electron chi connectivity index (χ1n) is 10.3. The normalized spacial score (nSPS) is 13.0. The van der Waals surface area contributed by atoms with Gasteiger partial charge in [0.2, 0.25) is 0 Å². The van der Waals surface area contributed by atoms with E-state index in [1.165, 1.54) is 0 Å². The maximum Gasteiger partial charge on any atom is 0.251 e. The fraction of sp³-hybridized carbons (Fsp3) is 0.160. The first-order valence-corrected chi connectivity index (χ1v) is 10.3. The van der Waals surface area contributed by atoms with E-state index in [0.29, 0.717) is 18.0 Å². The van der Waals surface area contributed by atoms with Crippen LogP contribution in [-0.4, -0.2) is 25.8 Å². The Labute approximate surface area is 180 Å². The molecule has 0 atom stereocenters. The highest BCUT2D eigenvalue weighted by atomic mass is 16.1. The molecule has 5 rings (SSSR count). The summed E-state index contributed by atoms with van der Waals surface area (Å²) in [5.74, 6) is 1.26. The van der Waals surface area contributed by atoms with Crippen LogP contribution in [0.1, 0.15) is 40.5 Å². The number of nitrogens with zero attached hydrogens (tertiary/aromatic N) is 4. The maximum atomic E-state index is 12.3. The lowest BCUT2D eigenvalue weighted by Gasteiger charge is -2.11. The van der Waals surface area contributed by atoms with E-state index in [-0.39, 0.29) is 5.91 Å². The molecule has 1 N–H and O–H groups in total. The van der Waals surface area contributed by atoms with Crippen LogP contribution in [0.5, 0.6) is 0 Å². The van der Waals surface area contributed by atoms with Crippen LogP contribution in [-0.2, 0) is 6.54 Å². The highest BCUT2D eigenvalue weighted by Gasteiger charge is 2.27. The molecule has 31 heavy (non-hydrogen) atoms. The van der Waals surface area contributed by atoms with Crippen molar-refractivity contribution in [2.24, 2.45) is 0 Å². The predicted molar refractivity (Wildman–Crippen MR) is 118 cm³/mol. The van der Waals surface area contributed by atoms with Gasteiger partial charge in [-0.05, 0) is 42.7 Å². The van der Waals surface area contributed by atoms with Crippen molar-refractivity contribution in [3.8, 4) is 22.5 Å². The van der Waals surface area contributed by atoms with E-state index in [1.807, 2.05) is 48.7 Å². The summed E-state index contributed by atoms with van der Waals surface area (Å²) in [7, 11) is 0. The summed E-state index contributed by atoms with van der Waals surface area (Å²) in [6, 6.07) is 17.4. The van der Waals surface area contributed by atoms with Gasteiger partial charge in [-0.3, -0.25) is 14.8 Å². The molecule has 4 aromatic rings. The number of pyridine rings is 2. The number of hydrogen-bond acceptors (Lipinski definition) is 5. The van der Waals surface area contributed by atoms with Crippen molar-refractivity contribution in [2.75, 3.05) is 0 Å². The van der Waals surface area contributed by atoms with Crippen LogP contribution in [0.25, 0.3) is 22.5 Å². The van der Waals surface area contributed by atoms with Crippen molar-refractivity contribution in [1.82, 2.24) is 25.3 Å². The number of nitrogens with one attached hydrogen (secondary N) is 1. The summed E-state index contributed by atoms with van der Waals surface area (Å²) < 4.78 is 0. The van der Waals surface area contributed by atoms with E-state index in [2.05, 4.69) is 20.3 Å². The second kappa shape index (κ2) is 8.44. The van der Waals surface area contributed by atoms with Gasteiger partial charge in [-0.2, -0.15) is 0 Å². The number of aromatic nitrogens is 4. The molecule has 152 valence electrons. The number of hydrogen-bond donors (Lipinski definition) is 1. The topological polar surface area (TPSA) is 80.7 Å². The fourth-order valence-corrected chi connectivity index (χ4v) is 3.43. The largest absolute Gasteiger partial charge is 0.348 e. The first-order chi connectivity index (χ1) is 15.3. The minimum absolute atomic E-state index is 0.117. The van der Waals surface area contributed by atoms with Gasteiger partial charge in [0.25, 0.3) is 5.91 Å². The van der Waals surface area contributed by atoms with Gasteiger partial charge >= 0.3 is 0 Å². The highest BCUT2D eigenvalue weighted by Crippen LogP contribution is 2.40. The molecule has 0 bridgehead atoms. The molecule has 0 radical (unpaired) electrons. The summed E-state index contributed by atoms with van der Waals surface area (Å²) in [5, 5.41) is 2.94. The smallest absolute Gasteiger partial charge is 0.251 e. The Morgan fingerprint density at radius 1 is 0.935 bits per heavy atom. The third-order valence-electron chi connectivity index (χ3n) is 5.31. The molecule has 0 saturated heterocycles. The lowest BCUT2D eigenvalue weighted by atomic mass is 10.0. The molecule has 1 aliphatic rings. The van der Waals surface area contributed by atoms with Gasteiger partial charge in [-0.25, -0.2) is 9.97 Å². The van der Waals surface area contributed by atoms with Gasteiger partial charge in [0.05, 0.1) is 11.4 Å². The van der Waals surface area contributed by atoms with E-state index in [4.69, 9.17) is 4.98 Å². The molecule has 1 aromatic carbocycles. The van der Waals surface area contributed by atoms with E-state index < -0.39 is 0 Å². The maximum absolute atomic E-state index is 12.3. The molecule has 0 spiro atoms. The summed E-state index contributed by atoms with van der Waals surface area (Å²) in [6.07, 6.45) is 9.20. The summed E-state index contributed by atoms with van der Waals surface area (Å²) in [5.41, 5.74) is 5.29. The van der Waals surface area contributed by atoms with Crippen LogP contribution in [0.3, 0.4) is 0 Å². The van der Waals surface area contributed by atoms with Gasteiger partial charge in [-0.1, -0.05) is 30.3 Å². The zero-order valence-electron chi connectivity index (χ0n) is 16.9. The predicted octanol–water partition coefficient (Wildman–Crippen LogP) is 4.41. The van der Waals surface area contributed by atoms with E-state index in [1.54, 1.807) is 30.7 Å². The lowest BCUT2D eigenvalue weighted by molar-refractivity contribution is 0.0951. The van der Waals surface area contributed by atoms with Gasteiger partial charge in [0.15, 0.2) is 0 Å². The average molecular weight is 407 g/mol. The molecule has 1 fully saturated rings. The van der Waals surface area contributed by atoms with Crippen LogP contribution in [0.2, 0.25) is 0 Å². The van der Waals surface area contributed by atoms with Crippen LogP contribution in [0, 0.1) is 0 Å². The summed E-state index contributed by atoms with van der Waals surface area (Å²) >= 11 is 0. The number of amides is 1. The highest BCUT2D eigenvalue weighted by molar-refractivity contribution is 5.93. The van der Waals surface area contributed by atoms with Crippen molar-refractivity contribution in [2.45, 2.75) is 25.3 Å². The van der Waals surface area contributed by atoms with Crippen LogP contribution < -0.4 is 5.32 Å². The van der Waals surface area contributed by atoms with Gasteiger partial charge in [-0.15, -0.1) is 0 Å². The quantitative estimate of drug-likeness (QED) is 0.512. The van der Waals surface area contributed by atoms with Crippen molar-refractivity contribution in [1.29, 1.82) is 0 Å². The van der Waals surface area contributed by atoms with Crippen LogP contribution in [0.15, 0.2) is 79.4 Å². The van der Waals surface area contributed by atoms with Crippen LogP contribution in [0.4, 0.5) is 0 Å². The third kappa shape index (κ3) is 4.33. The van der Waals surface area contributed by atoms with Crippen molar-refractivity contribution >= 4 is 5.91 Å². The number of benzene rings is 1. The zero-order valence-corrected chi connectivity index (χ0v) is 16.9. The molecule has 6 nitrogen and oxygen atoms in total. The minimum atomic E-state index is -0.117. The van der Waals surface area contributed by atoms with E-state index >= 15 is 0 Å². The van der Waals surface area contributed by atoms with E-state index in [0.717, 1.165) is 46.7 Å². The second-order valence-corrected chi connectivity index (χ2v) is 7.60. The molecule has 0 unspecified atom stereocenters. The zero-order chi connectivity index (χ0) is 21.0. The Bertz CT molecular complexity index is 1190. The standard InChI is InChI=1S/C25H21N5O/c31-25(20-10-13-26-14-11-20)29-15-17-4-6-18(7-5-17)23-21(22-3-1-2-12-27-22)16-28-24(30-23)19-8-9-19/h1-7,10-14,16,19H,8-9,15H2,(H,29,31). The SMILES string of the molecule is O=C(NCc1ccc(-c2nc(C3CC3)ncc2-c2ccccn2)cc1)c1ccncc1. The Morgan fingerprint density at radius 2 is 1.74 bits per heavy atom. The Hall–Kier alpha value is -3.93. The van der Waals surface area contributed by atoms with E-state index in [9.17, 15) is 4.79 Å². The van der Waals surface area contributed by atoms with Crippen LogP contribution >= 0.6 is 0 Å². The average Bonchev–Trinajstić information content (AvgIpc) is 3.69. The lowest BCUT2D eigenvalue weighted by Crippen LogP contribution is -2.22. The molecule has 1 aliphatic carbocycles. The molecule has 6 heteroatoms. The van der Waals surface area contributed by atoms with Crippen molar-refractivity contribution in [3.63, 3.8) is 0 Å². The summed E-state index contributed by atoms with van der Waals surface area (Å²) in [4.78, 5) is 30.2. The first kappa shape index (κ1) is 19.1. The summed E-state index contributed by atoms with van der Waals surface area (Å²) in [6.45, 7) is 0.450. The van der Waals surface area contributed by atoms with Crippen molar-refractivity contribution < 1.29 is 4.79 Å². The van der Waals surface area contributed by atoms with Gasteiger partial charge < -0.3 is 5.32 Å². The number of carbonyl (C=O) groups is 1. The second-order valence-electron chi connectivity index (χ2n) is 7.60. The molecular formula is C25H21N5O. The Balaban J connectivity index is 1.39. The molecule has 0 aliphatic heterocycles. The fourth-order valence-electron chi connectivity index (χ4n) is 3.43. The number of carbonyl (C=O) groups excluding carboxylic acids is 1. The number of rotatable bonds is 6.